The van der Waals surface area contributed by atoms with Crippen LogP contribution >= 0.6 is 0 Å². The zero-order valence-corrected chi connectivity index (χ0v) is 9.79. The van der Waals surface area contributed by atoms with Crippen molar-refractivity contribution in [3.8, 4) is 6.07 Å². The number of aliphatic hydroxyl groups is 1. The third kappa shape index (κ3) is 1.49. The van der Waals surface area contributed by atoms with Crippen molar-refractivity contribution in [3.63, 3.8) is 0 Å². The number of nitriles is 1. The fourth-order valence-corrected chi connectivity index (χ4v) is 3.91. The number of hydrogen-bond acceptors (Lipinski definition) is 2. The van der Waals surface area contributed by atoms with Crippen LogP contribution in [0.15, 0.2) is 0 Å². The summed E-state index contributed by atoms with van der Waals surface area (Å²) in [5.74, 6) is 0.396. The van der Waals surface area contributed by atoms with E-state index in [1.165, 1.54) is 6.42 Å². The summed E-state index contributed by atoms with van der Waals surface area (Å²) >= 11 is 0. The maximum Gasteiger partial charge on any atom is 0.0865 e. The van der Waals surface area contributed by atoms with Gasteiger partial charge in [-0.05, 0) is 37.0 Å². The Morgan fingerprint density at radius 3 is 2.53 bits per heavy atom. The number of nitrogens with zero attached hydrogens (tertiary/aromatic N) is 1. The topological polar surface area (TPSA) is 44.0 Å². The second kappa shape index (κ2) is 3.49. The summed E-state index contributed by atoms with van der Waals surface area (Å²) in [5, 5.41) is 19.6. The summed E-state index contributed by atoms with van der Waals surface area (Å²) in [7, 11) is 0. The predicted octanol–water partition coefficient (Wildman–Crippen LogP) is 2.87. The van der Waals surface area contributed by atoms with Gasteiger partial charge in [0, 0.05) is 0 Å². The average molecular weight is 207 g/mol. The zero-order chi connectivity index (χ0) is 11.1. The largest absolute Gasteiger partial charge is 0.391 e. The van der Waals surface area contributed by atoms with Gasteiger partial charge in [-0.15, -0.1) is 0 Å². The van der Waals surface area contributed by atoms with E-state index in [4.69, 9.17) is 0 Å². The van der Waals surface area contributed by atoms with E-state index in [0.717, 1.165) is 32.1 Å². The molecule has 1 unspecified atom stereocenters. The Labute approximate surface area is 92.3 Å². The van der Waals surface area contributed by atoms with Crippen LogP contribution in [0.5, 0.6) is 0 Å². The minimum atomic E-state index is -0.431. The molecular weight excluding hydrogens is 186 g/mol. The molecule has 0 aromatic heterocycles. The van der Waals surface area contributed by atoms with Crippen molar-refractivity contribution < 1.29 is 5.11 Å². The first kappa shape index (κ1) is 11.0. The molecule has 0 spiro atoms. The quantitative estimate of drug-likeness (QED) is 0.663. The van der Waals surface area contributed by atoms with Crippen LogP contribution in [0.3, 0.4) is 0 Å². The van der Waals surface area contributed by atoms with Gasteiger partial charge < -0.3 is 5.11 Å². The van der Waals surface area contributed by atoms with Crippen LogP contribution in [-0.2, 0) is 0 Å². The molecule has 2 nitrogen and oxygen atoms in total. The summed E-state index contributed by atoms with van der Waals surface area (Å²) in [4.78, 5) is 0. The molecule has 0 heterocycles. The van der Waals surface area contributed by atoms with Gasteiger partial charge in [-0.2, -0.15) is 5.26 Å². The fraction of sp³-hybridized carbons (Fsp3) is 0.923. The molecule has 2 saturated carbocycles. The summed E-state index contributed by atoms with van der Waals surface area (Å²) in [6.07, 6.45) is 5.83. The van der Waals surface area contributed by atoms with Crippen LogP contribution in [0.25, 0.3) is 0 Å². The highest BCUT2D eigenvalue weighted by Crippen LogP contribution is 2.57. The summed E-state index contributed by atoms with van der Waals surface area (Å²) in [6.45, 7) is 4.53. The average Bonchev–Trinajstić information content (AvgIpc) is 2.19. The first-order chi connectivity index (χ1) is 7.03. The summed E-state index contributed by atoms with van der Waals surface area (Å²) in [5.41, 5.74) is -0.199. The van der Waals surface area contributed by atoms with Gasteiger partial charge in [0.2, 0.25) is 0 Å². The van der Waals surface area contributed by atoms with E-state index < -0.39 is 5.41 Å². The van der Waals surface area contributed by atoms with Crippen molar-refractivity contribution >= 4 is 0 Å². The molecular formula is C13H21NO. The second-order valence-electron chi connectivity index (χ2n) is 5.99. The van der Waals surface area contributed by atoms with Gasteiger partial charge in [-0.25, -0.2) is 0 Å². The number of rotatable bonds is 0. The van der Waals surface area contributed by atoms with Crippen LogP contribution < -0.4 is 0 Å². The van der Waals surface area contributed by atoms with Crippen LogP contribution in [-0.4, -0.2) is 11.2 Å². The third-order valence-electron chi connectivity index (χ3n) is 4.75. The highest BCUT2D eigenvalue weighted by Gasteiger charge is 2.54. The van der Waals surface area contributed by atoms with E-state index in [2.05, 4.69) is 19.9 Å². The third-order valence-corrected chi connectivity index (χ3v) is 4.75. The van der Waals surface area contributed by atoms with Gasteiger partial charge in [0.15, 0.2) is 0 Å². The Bertz CT molecular complexity index is 291. The molecule has 2 rings (SSSR count). The maximum absolute atomic E-state index is 10.2. The minimum Gasteiger partial charge on any atom is -0.391 e. The van der Waals surface area contributed by atoms with Crippen molar-refractivity contribution in [3.05, 3.63) is 0 Å². The van der Waals surface area contributed by atoms with Gasteiger partial charge in [0.1, 0.15) is 0 Å². The van der Waals surface area contributed by atoms with Crippen molar-refractivity contribution in [1.82, 2.24) is 0 Å². The summed E-state index contributed by atoms with van der Waals surface area (Å²) in [6, 6.07) is 2.47. The lowest BCUT2D eigenvalue weighted by Gasteiger charge is -2.53. The molecule has 0 aromatic carbocycles. The number of hydrogen-bond donors (Lipinski definition) is 1. The van der Waals surface area contributed by atoms with E-state index in [1.807, 2.05) is 0 Å². The molecule has 0 aliphatic heterocycles. The van der Waals surface area contributed by atoms with Crippen molar-refractivity contribution in [2.75, 3.05) is 0 Å². The molecule has 3 atom stereocenters. The molecule has 2 aliphatic rings. The van der Waals surface area contributed by atoms with Gasteiger partial charge in [0.25, 0.3) is 0 Å². The monoisotopic (exact) mass is 207 g/mol. The Hall–Kier alpha value is -0.550. The fourth-order valence-electron chi connectivity index (χ4n) is 3.91. The normalized spacial score (nSPS) is 44.1. The van der Waals surface area contributed by atoms with Crippen LogP contribution in [0.4, 0.5) is 0 Å². The van der Waals surface area contributed by atoms with Crippen molar-refractivity contribution in [1.29, 1.82) is 5.26 Å². The Morgan fingerprint density at radius 2 is 1.93 bits per heavy atom. The molecule has 1 N–H and O–H groups in total. The maximum atomic E-state index is 10.2. The Morgan fingerprint density at radius 1 is 1.20 bits per heavy atom. The number of aliphatic hydroxyl groups excluding tert-OH is 1. The van der Waals surface area contributed by atoms with E-state index in [0.29, 0.717) is 5.92 Å². The first-order valence-electron chi connectivity index (χ1n) is 6.12. The molecule has 0 radical (unpaired) electrons. The van der Waals surface area contributed by atoms with Gasteiger partial charge >= 0.3 is 0 Å². The lowest BCUT2D eigenvalue weighted by Crippen LogP contribution is -2.52. The van der Waals surface area contributed by atoms with E-state index in [9.17, 15) is 10.4 Å². The molecule has 84 valence electrons. The Kier molecular flexibility index (Phi) is 2.55. The molecule has 0 saturated heterocycles. The van der Waals surface area contributed by atoms with Gasteiger partial charge in [-0.1, -0.05) is 26.7 Å². The SMILES string of the molecule is CC1(C)CCC[C@@]2(C#N)C1CCC[C@@H]2O. The molecule has 15 heavy (non-hydrogen) atoms. The highest BCUT2D eigenvalue weighted by molar-refractivity contribution is 5.14. The lowest BCUT2D eigenvalue weighted by molar-refractivity contribution is -0.0902. The molecule has 2 heteroatoms. The second-order valence-corrected chi connectivity index (χ2v) is 5.99. The smallest absolute Gasteiger partial charge is 0.0865 e. The van der Waals surface area contributed by atoms with Gasteiger partial charge in [-0.3, -0.25) is 0 Å². The molecule has 0 bridgehead atoms. The molecule has 2 fully saturated rings. The minimum absolute atomic E-state index is 0.232. The number of fused-ring (bicyclic) bond motifs is 1. The lowest BCUT2D eigenvalue weighted by atomic mass is 9.50. The predicted molar refractivity (Wildman–Crippen MR) is 59.0 cm³/mol. The van der Waals surface area contributed by atoms with Crippen molar-refractivity contribution in [2.45, 2.75) is 58.5 Å². The molecule has 2 aliphatic carbocycles. The highest BCUT2D eigenvalue weighted by atomic mass is 16.3. The van der Waals surface area contributed by atoms with Gasteiger partial charge in [0.05, 0.1) is 17.6 Å². The molecule has 0 amide bonds. The molecule has 0 aromatic rings. The van der Waals surface area contributed by atoms with Crippen LogP contribution in [0, 0.1) is 28.1 Å². The first-order valence-corrected chi connectivity index (χ1v) is 6.12. The van der Waals surface area contributed by atoms with E-state index in [-0.39, 0.29) is 11.5 Å². The van der Waals surface area contributed by atoms with Crippen LogP contribution in [0.2, 0.25) is 0 Å². The zero-order valence-electron chi connectivity index (χ0n) is 9.79. The standard InChI is InChI=1S/C13H21NO/c1-12(2)7-4-8-13(9-14)10(12)5-3-6-11(13)15/h10-11,15H,3-8H2,1-2H3/t10?,11-,13+/m0/s1. The van der Waals surface area contributed by atoms with Crippen LogP contribution in [0.1, 0.15) is 52.4 Å². The Balaban J connectivity index is 2.37. The van der Waals surface area contributed by atoms with E-state index in [1.54, 1.807) is 0 Å². The van der Waals surface area contributed by atoms with Crippen molar-refractivity contribution in [2.24, 2.45) is 16.7 Å². The summed E-state index contributed by atoms with van der Waals surface area (Å²) < 4.78 is 0. The van der Waals surface area contributed by atoms with E-state index >= 15 is 0 Å².